The minimum Gasteiger partial charge on any atom is -0.448 e. The number of fused-ring (bicyclic) bond motifs is 1. The van der Waals surface area contributed by atoms with Crippen LogP contribution in [0.25, 0.3) is 11.0 Å². The van der Waals surface area contributed by atoms with Crippen molar-refractivity contribution in [2.75, 3.05) is 6.54 Å². The van der Waals surface area contributed by atoms with Gasteiger partial charge in [0.1, 0.15) is 11.4 Å². The minimum absolute atomic E-state index is 0.00736. The van der Waals surface area contributed by atoms with E-state index >= 15 is 0 Å². The van der Waals surface area contributed by atoms with E-state index in [1.54, 1.807) is 6.07 Å². The molecule has 0 fully saturated rings. The Hall–Kier alpha value is -2.73. The van der Waals surface area contributed by atoms with Gasteiger partial charge in [-0.25, -0.2) is 8.78 Å². The Morgan fingerprint density at radius 3 is 2.58 bits per heavy atom. The zero-order valence-electron chi connectivity index (χ0n) is 12.8. The molecule has 0 bridgehead atoms. The summed E-state index contributed by atoms with van der Waals surface area (Å²) in [4.78, 5) is 12.2. The number of hydrogen-bond acceptors (Lipinski definition) is 3. The first-order valence-corrected chi connectivity index (χ1v) is 7.31. The van der Waals surface area contributed by atoms with Gasteiger partial charge in [-0.15, -0.1) is 0 Å². The third-order valence-electron chi connectivity index (χ3n) is 3.78. The van der Waals surface area contributed by atoms with Crippen molar-refractivity contribution in [2.24, 2.45) is 0 Å². The minimum atomic E-state index is -1.39. The number of aliphatic hydroxyl groups is 1. The first-order chi connectivity index (χ1) is 11.4. The van der Waals surface area contributed by atoms with Gasteiger partial charge in [0.25, 0.3) is 5.91 Å². The highest BCUT2D eigenvalue weighted by molar-refractivity contribution is 5.96. The topological polar surface area (TPSA) is 62.5 Å². The molecular formula is C18H15F2NO3. The highest BCUT2D eigenvalue weighted by Crippen LogP contribution is 2.23. The number of rotatable bonds is 4. The van der Waals surface area contributed by atoms with Crippen LogP contribution in [0.5, 0.6) is 0 Å². The number of nitrogens with one attached hydrogen (secondary N) is 1. The summed E-state index contributed by atoms with van der Waals surface area (Å²) in [6.45, 7) is 1.38. The van der Waals surface area contributed by atoms with E-state index in [4.69, 9.17) is 4.42 Å². The van der Waals surface area contributed by atoms with E-state index in [1.807, 2.05) is 0 Å². The second-order valence-electron chi connectivity index (χ2n) is 5.73. The monoisotopic (exact) mass is 331 g/mol. The molecule has 3 rings (SSSR count). The predicted molar refractivity (Wildman–Crippen MR) is 84.5 cm³/mol. The summed E-state index contributed by atoms with van der Waals surface area (Å²) in [5.74, 6) is -1.59. The van der Waals surface area contributed by atoms with E-state index in [0.29, 0.717) is 10.9 Å². The first kappa shape index (κ1) is 16.1. The van der Waals surface area contributed by atoms with Crippen molar-refractivity contribution in [2.45, 2.75) is 12.5 Å². The zero-order chi connectivity index (χ0) is 17.3. The van der Waals surface area contributed by atoms with Crippen LogP contribution in [0, 0.1) is 11.6 Å². The fourth-order valence-electron chi connectivity index (χ4n) is 2.39. The summed E-state index contributed by atoms with van der Waals surface area (Å²) in [7, 11) is 0. The lowest BCUT2D eigenvalue weighted by atomic mass is 9.96. The molecule has 0 aliphatic heterocycles. The summed E-state index contributed by atoms with van der Waals surface area (Å²) in [5, 5.41) is 13.4. The second kappa shape index (κ2) is 6.05. The van der Waals surface area contributed by atoms with Crippen LogP contribution < -0.4 is 5.32 Å². The molecule has 1 heterocycles. The van der Waals surface area contributed by atoms with Crippen LogP contribution in [0.4, 0.5) is 8.78 Å². The van der Waals surface area contributed by atoms with Crippen LogP contribution in [-0.4, -0.2) is 17.6 Å². The van der Waals surface area contributed by atoms with E-state index in [-0.39, 0.29) is 17.9 Å². The Kier molecular flexibility index (Phi) is 4.07. The molecule has 0 saturated heterocycles. The molecule has 1 amide bonds. The van der Waals surface area contributed by atoms with Crippen molar-refractivity contribution in [1.82, 2.24) is 5.32 Å². The quantitative estimate of drug-likeness (QED) is 0.771. The summed E-state index contributed by atoms with van der Waals surface area (Å²) in [5.41, 5.74) is -0.923. The van der Waals surface area contributed by atoms with Gasteiger partial charge in [0.2, 0.25) is 0 Å². The zero-order valence-corrected chi connectivity index (χ0v) is 12.8. The van der Waals surface area contributed by atoms with Gasteiger partial charge in [0.15, 0.2) is 17.2 Å². The van der Waals surface area contributed by atoms with Gasteiger partial charge < -0.3 is 14.8 Å². The highest BCUT2D eigenvalue weighted by Gasteiger charge is 2.25. The molecule has 0 aliphatic carbocycles. The predicted octanol–water partition coefficient (Wildman–Crippen LogP) is 3.35. The van der Waals surface area contributed by atoms with E-state index in [0.717, 1.165) is 0 Å². The summed E-state index contributed by atoms with van der Waals surface area (Å²) >= 11 is 0. The average molecular weight is 331 g/mol. The Labute approximate surface area is 136 Å². The molecule has 1 atom stereocenters. The SMILES string of the molecule is CC(O)(CNC(=O)c1cc2cccc(F)c2o1)c1ccc(F)cc1. The van der Waals surface area contributed by atoms with Crippen molar-refractivity contribution in [3.8, 4) is 0 Å². The lowest BCUT2D eigenvalue weighted by Gasteiger charge is -2.24. The van der Waals surface area contributed by atoms with Crippen molar-refractivity contribution in [3.05, 3.63) is 71.5 Å². The van der Waals surface area contributed by atoms with Gasteiger partial charge in [-0.2, -0.15) is 0 Å². The van der Waals surface area contributed by atoms with Crippen molar-refractivity contribution in [1.29, 1.82) is 0 Å². The number of amides is 1. The molecule has 0 radical (unpaired) electrons. The maximum absolute atomic E-state index is 13.6. The highest BCUT2D eigenvalue weighted by atomic mass is 19.1. The molecular weight excluding hydrogens is 316 g/mol. The third-order valence-corrected chi connectivity index (χ3v) is 3.78. The van der Waals surface area contributed by atoms with Crippen LogP contribution in [0.15, 0.2) is 52.9 Å². The standard InChI is InChI=1S/C18H15F2NO3/c1-18(23,12-5-7-13(19)8-6-12)10-21-17(22)15-9-11-3-2-4-14(20)16(11)24-15/h2-9,23H,10H2,1H3,(H,21,22). The molecule has 6 heteroatoms. The molecule has 1 unspecified atom stereocenters. The number of carbonyl (C=O) groups is 1. The van der Waals surface area contributed by atoms with Crippen molar-refractivity contribution < 1.29 is 23.1 Å². The van der Waals surface area contributed by atoms with Gasteiger partial charge in [0, 0.05) is 5.39 Å². The Bertz CT molecular complexity index is 885. The van der Waals surface area contributed by atoms with E-state index < -0.39 is 23.1 Å². The number of hydrogen-bond donors (Lipinski definition) is 2. The molecule has 1 aromatic heterocycles. The van der Waals surface area contributed by atoms with E-state index in [9.17, 15) is 18.7 Å². The number of carbonyl (C=O) groups excluding carboxylic acids is 1. The molecule has 2 N–H and O–H groups in total. The maximum Gasteiger partial charge on any atom is 0.287 e. The van der Waals surface area contributed by atoms with Crippen LogP contribution in [0.3, 0.4) is 0 Å². The molecule has 0 aliphatic rings. The molecule has 4 nitrogen and oxygen atoms in total. The molecule has 2 aromatic carbocycles. The number of halogens is 2. The summed E-state index contributed by atoms with van der Waals surface area (Å²) in [6.07, 6.45) is 0. The molecule has 24 heavy (non-hydrogen) atoms. The van der Waals surface area contributed by atoms with Gasteiger partial charge in [-0.05, 0) is 36.8 Å². The van der Waals surface area contributed by atoms with Gasteiger partial charge >= 0.3 is 0 Å². The summed E-state index contributed by atoms with van der Waals surface area (Å²) < 4.78 is 31.8. The van der Waals surface area contributed by atoms with Gasteiger partial charge in [-0.3, -0.25) is 4.79 Å². The molecule has 124 valence electrons. The number of benzene rings is 2. The van der Waals surface area contributed by atoms with Crippen LogP contribution >= 0.6 is 0 Å². The largest absolute Gasteiger partial charge is 0.448 e. The van der Waals surface area contributed by atoms with Gasteiger partial charge in [0.05, 0.1) is 6.54 Å². The first-order valence-electron chi connectivity index (χ1n) is 7.31. The van der Waals surface area contributed by atoms with Crippen molar-refractivity contribution in [3.63, 3.8) is 0 Å². The number of furan rings is 1. The van der Waals surface area contributed by atoms with Crippen LogP contribution in [0.1, 0.15) is 23.0 Å². The molecule has 0 spiro atoms. The van der Waals surface area contributed by atoms with Crippen LogP contribution in [0.2, 0.25) is 0 Å². The van der Waals surface area contributed by atoms with Crippen molar-refractivity contribution >= 4 is 16.9 Å². The Morgan fingerprint density at radius 2 is 1.92 bits per heavy atom. The lowest BCUT2D eigenvalue weighted by Crippen LogP contribution is -2.38. The third kappa shape index (κ3) is 3.14. The maximum atomic E-state index is 13.6. The van der Waals surface area contributed by atoms with Crippen LogP contribution in [-0.2, 0) is 5.60 Å². The van der Waals surface area contributed by atoms with Gasteiger partial charge in [-0.1, -0.05) is 24.3 Å². The van der Waals surface area contributed by atoms with E-state index in [1.165, 1.54) is 49.4 Å². The fourth-order valence-corrected chi connectivity index (χ4v) is 2.39. The normalized spacial score (nSPS) is 13.7. The second-order valence-corrected chi connectivity index (χ2v) is 5.73. The Balaban J connectivity index is 1.74. The van der Waals surface area contributed by atoms with E-state index in [2.05, 4.69) is 5.32 Å². The number of para-hydroxylation sites is 1. The smallest absolute Gasteiger partial charge is 0.287 e. The molecule has 0 saturated carbocycles. The average Bonchev–Trinajstić information content (AvgIpc) is 2.99. The molecule has 3 aromatic rings. The fraction of sp³-hybridized carbons (Fsp3) is 0.167. The lowest BCUT2D eigenvalue weighted by molar-refractivity contribution is 0.0519. The summed E-state index contributed by atoms with van der Waals surface area (Å²) in [6, 6.07) is 11.2. The Morgan fingerprint density at radius 1 is 1.21 bits per heavy atom.